The Bertz CT molecular complexity index is 170. The van der Waals surface area contributed by atoms with E-state index in [1.165, 1.54) is 13.8 Å². The zero-order valence-electron chi connectivity index (χ0n) is 5.34. The third-order valence-electron chi connectivity index (χ3n) is 1.09. The molecule has 0 aromatic rings. The van der Waals surface area contributed by atoms with Gasteiger partial charge >= 0.3 is 0 Å². The summed E-state index contributed by atoms with van der Waals surface area (Å²) in [5.41, 5.74) is 8.63. The van der Waals surface area contributed by atoms with Crippen molar-refractivity contribution in [2.45, 2.75) is 13.8 Å². The van der Waals surface area contributed by atoms with Crippen LogP contribution >= 0.6 is 0 Å². The molecule has 0 saturated carbocycles. The SMILES string of the molecule is C/C(C=O)=C(\C)C([N])=O. The number of aldehydes is 1. The van der Waals surface area contributed by atoms with E-state index in [-0.39, 0.29) is 11.1 Å². The Kier molecular flexibility index (Phi) is 2.64. The van der Waals surface area contributed by atoms with Gasteiger partial charge in [0, 0.05) is 5.57 Å². The van der Waals surface area contributed by atoms with E-state index >= 15 is 0 Å². The molecule has 0 bridgehead atoms. The molecule has 0 atom stereocenters. The van der Waals surface area contributed by atoms with Gasteiger partial charge in [-0.3, -0.25) is 9.59 Å². The van der Waals surface area contributed by atoms with Crippen LogP contribution in [0.4, 0.5) is 0 Å². The molecular formula is C6H7NO2. The van der Waals surface area contributed by atoms with Crippen LogP contribution in [-0.4, -0.2) is 12.2 Å². The average molecular weight is 125 g/mol. The summed E-state index contributed by atoms with van der Waals surface area (Å²) in [6.07, 6.45) is 0.531. The molecule has 0 saturated heterocycles. The first kappa shape index (κ1) is 7.88. The maximum absolute atomic E-state index is 10.1. The van der Waals surface area contributed by atoms with Crippen LogP contribution in [0, 0.1) is 0 Å². The molecule has 0 N–H and O–H groups in total. The summed E-state index contributed by atoms with van der Waals surface area (Å²) in [4.78, 5) is 20.0. The third-order valence-corrected chi connectivity index (χ3v) is 1.09. The van der Waals surface area contributed by atoms with Crippen molar-refractivity contribution in [3.63, 3.8) is 0 Å². The first-order chi connectivity index (χ1) is 4.09. The molecule has 0 aromatic heterocycles. The predicted molar refractivity (Wildman–Crippen MR) is 31.6 cm³/mol. The maximum atomic E-state index is 10.1. The van der Waals surface area contributed by atoms with Crippen LogP contribution in [0.3, 0.4) is 0 Å². The molecule has 3 nitrogen and oxygen atoms in total. The van der Waals surface area contributed by atoms with Gasteiger partial charge in [0.2, 0.25) is 0 Å². The molecule has 3 heteroatoms. The summed E-state index contributed by atoms with van der Waals surface area (Å²) >= 11 is 0. The number of carbonyl (C=O) groups is 2. The van der Waals surface area contributed by atoms with Gasteiger partial charge < -0.3 is 0 Å². The van der Waals surface area contributed by atoms with Crippen LogP contribution in [0.2, 0.25) is 0 Å². The van der Waals surface area contributed by atoms with Crippen molar-refractivity contribution in [2.75, 3.05) is 0 Å². The van der Waals surface area contributed by atoms with Gasteiger partial charge in [-0.1, -0.05) is 0 Å². The summed E-state index contributed by atoms with van der Waals surface area (Å²) in [5.74, 6) is -1.04. The molecule has 2 radical (unpaired) electrons. The summed E-state index contributed by atoms with van der Waals surface area (Å²) in [6, 6.07) is 0. The van der Waals surface area contributed by atoms with Crippen molar-refractivity contribution in [1.29, 1.82) is 0 Å². The Morgan fingerprint density at radius 3 is 2.00 bits per heavy atom. The van der Waals surface area contributed by atoms with E-state index in [1.54, 1.807) is 0 Å². The van der Waals surface area contributed by atoms with Gasteiger partial charge in [-0.25, -0.2) is 0 Å². The molecule has 0 unspecified atom stereocenters. The zero-order valence-corrected chi connectivity index (χ0v) is 5.34. The van der Waals surface area contributed by atoms with Crippen LogP contribution in [0.1, 0.15) is 13.8 Å². The number of rotatable bonds is 2. The topological polar surface area (TPSA) is 56.4 Å². The molecule has 0 rings (SSSR count). The van der Waals surface area contributed by atoms with Gasteiger partial charge in [0.05, 0.1) is 0 Å². The monoisotopic (exact) mass is 125 g/mol. The quantitative estimate of drug-likeness (QED) is 0.388. The molecule has 0 spiro atoms. The first-order valence-corrected chi connectivity index (χ1v) is 2.45. The lowest BCUT2D eigenvalue weighted by Gasteiger charge is -1.90. The van der Waals surface area contributed by atoms with E-state index in [1.807, 2.05) is 0 Å². The Labute approximate surface area is 53.5 Å². The molecule has 0 aromatic carbocycles. The Balaban J connectivity index is 4.47. The average Bonchev–Trinajstić information content (AvgIpc) is 1.84. The highest BCUT2D eigenvalue weighted by Crippen LogP contribution is 1.98. The zero-order chi connectivity index (χ0) is 7.44. The number of allylic oxidation sites excluding steroid dienone is 1. The number of hydrogen-bond acceptors (Lipinski definition) is 2. The van der Waals surface area contributed by atoms with E-state index in [0.29, 0.717) is 6.29 Å². The summed E-state index contributed by atoms with van der Waals surface area (Å²) in [6.45, 7) is 2.86. The Morgan fingerprint density at radius 1 is 1.44 bits per heavy atom. The van der Waals surface area contributed by atoms with E-state index in [0.717, 1.165) is 0 Å². The minimum atomic E-state index is -1.04. The van der Waals surface area contributed by atoms with Crippen molar-refractivity contribution < 1.29 is 9.59 Å². The Hall–Kier alpha value is -1.12. The van der Waals surface area contributed by atoms with Crippen molar-refractivity contribution in [2.24, 2.45) is 0 Å². The van der Waals surface area contributed by atoms with Crippen LogP contribution in [0.5, 0.6) is 0 Å². The minimum Gasteiger partial charge on any atom is -0.298 e. The van der Waals surface area contributed by atoms with Crippen LogP contribution < -0.4 is 5.73 Å². The predicted octanol–water partition coefficient (Wildman–Crippen LogP) is 0.117. The van der Waals surface area contributed by atoms with Gasteiger partial charge in [-0.2, -0.15) is 0 Å². The molecule has 48 valence electrons. The van der Waals surface area contributed by atoms with Crippen LogP contribution in [-0.2, 0) is 9.59 Å². The van der Waals surface area contributed by atoms with Crippen molar-refractivity contribution in [3.05, 3.63) is 11.1 Å². The summed E-state index contributed by atoms with van der Waals surface area (Å²) in [7, 11) is 0. The Morgan fingerprint density at radius 2 is 1.89 bits per heavy atom. The highest BCUT2D eigenvalue weighted by atomic mass is 16.1. The molecule has 0 fully saturated rings. The molecule has 0 aliphatic carbocycles. The standard InChI is InChI=1S/C6H7NO2/c1-4(3-8)5(2)6(7)9/h3H,1-2H3/b5-4-. The van der Waals surface area contributed by atoms with Crippen molar-refractivity contribution >= 4 is 12.2 Å². The van der Waals surface area contributed by atoms with E-state index < -0.39 is 5.91 Å². The number of carbonyl (C=O) groups excluding carboxylic acids is 2. The molecule has 1 amide bonds. The van der Waals surface area contributed by atoms with Gasteiger partial charge in [0.1, 0.15) is 6.29 Å². The van der Waals surface area contributed by atoms with Crippen molar-refractivity contribution in [1.82, 2.24) is 5.73 Å². The number of nitrogens with zero attached hydrogens (tertiary/aromatic N) is 1. The second-order valence-electron chi connectivity index (χ2n) is 1.73. The summed E-state index contributed by atoms with van der Waals surface area (Å²) in [5, 5.41) is 0. The van der Waals surface area contributed by atoms with Gasteiger partial charge in [0.15, 0.2) is 0 Å². The number of amides is 1. The van der Waals surface area contributed by atoms with E-state index in [9.17, 15) is 9.59 Å². The fourth-order valence-electron chi connectivity index (χ4n) is 0.257. The first-order valence-electron chi connectivity index (χ1n) is 2.45. The number of hydrogen-bond donors (Lipinski definition) is 0. The lowest BCUT2D eigenvalue weighted by molar-refractivity contribution is -0.115. The molecule has 0 aliphatic rings. The lowest BCUT2D eigenvalue weighted by atomic mass is 10.2. The van der Waals surface area contributed by atoms with Gasteiger partial charge in [0.25, 0.3) is 5.91 Å². The molecular weight excluding hydrogens is 118 g/mol. The minimum absolute atomic E-state index is 0.102. The maximum Gasteiger partial charge on any atom is 0.291 e. The molecule has 9 heavy (non-hydrogen) atoms. The molecule has 0 heterocycles. The van der Waals surface area contributed by atoms with E-state index in [4.69, 9.17) is 5.73 Å². The largest absolute Gasteiger partial charge is 0.298 e. The van der Waals surface area contributed by atoms with E-state index in [2.05, 4.69) is 0 Å². The smallest absolute Gasteiger partial charge is 0.291 e. The highest BCUT2D eigenvalue weighted by Gasteiger charge is 2.02. The fraction of sp³-hybridized carbons (Fsp3) is 0.333. The lowest BCUT2D eigenvalue weighted by Crippen LogP contribution is -2.02. The van der Waals surface area contributed by atoms with Gasteiger partial charge in [-0.15, -0.1) is 5.73 Å². The van der Waals surface area contributed by atoms with Crippen LogP contribution in [0.25, 0.3) is 0 Å². The highest BCUT2D eigenvalue weighted by molar-refractivity contribution is 5.96. The van der Waals surface area contributed by atoms with Crippen LogP contribution in [0.15, 0.2) is 11.1 Å². The fourth-order valence-corrected chi connectivity index (χ4v) is 0.257. The van der Waals surface area contributed by atoms with Gasteiger partial charge in [-0.05, 0) is 19.4 Å². The molecule has 0 aliphatic heterocycles. The second kappa shape index (κ2) is 3.02. The normalized spacial score (nSPS) is 12.2. The van der Waals surface area contributed by atoms with Crippen molar-refractivity contribution in [3.8, 4) is 0 Å². The second-order valence-corrected chi connectivity index (χ2v) is 1.73. The third kappa shape index (κ3) is 2.08. The summed E-state index contributed by atoms with van der Waals surface area (Å²) < 4.78 is 0.